The third-order valence-corrected chi connectivity index (χ3v) is 5.61. The van der Waals surface area contributed by atoms with Gasteiger partial charge in [0.15, 0.2) is 6.61 Å². The van der Waals surface area contributed by atoms with Gasteiger partial charge in [0.2, 0.25) is 0 Å². The van der Waals surface area contributed by atoms with Crippen LogP contribution < -0.4 is 10.1 Å². The van der Waals surface area contributed by atoms with Crippen LogP contribution >= 0.6 is 0 Å². The molecule has 1 atom stereocenters. The molecule has 0 spiro atoms. The molecule has 0 aliphatic rings. The minimum atomic E-state index is -0.0990. The van der Waals surface area contributed by atoms with E-state index in [1.54, 1.807) is 0 Å². The van der Waals surface area contributed by atoms with E-state index in [9.17, 15) is 4.79 Å². The predicted octanol–water partition coefficient (Wildman–Crippen LogP) is 5.12. The first-order chi connectivity index (χ1) is 14.3. The minimum absolute atomic E-state index is 0.0272. The zero-order valence-electron chi connectivity index (χ0n) is 19.5. The first-order valence-electron chi connectivity index (χ1n) is 11.1. The average molecular weight is 411 g/mol. The fraction of sp³-hybridized carbons (Fsp3) is 0.500. The molecule has 1 amide bonds. The second kappa shape index (κ2) is 11.2. The van der Waals surface area contributed by atoms with E-state index in [1.165, 1.54) is 16.7 Å². The maximum absolute atomic E-state index is 12.4. The molecule has 2 aromatic carbocycles. The number of hydrogen-bond donors (Lipinski definition) is 1. The highest BCUT2D eigenvalue weighted by Gasteiger charge is 2.20. The highest BCUT2D eigenvalue weighted by atomic mass is 16.5. The molecule has 2 rings (SSSR count). The van der Waals surface area contributed by atoms with Gasteiger partial charge in [-0.25, -0.2) is 0 Å². The highest BCUT2D eigenvalue weighted by Crippen LogP contribution is 2.26. The van der Waals surface area contributed by atoms with Gasteiger partial charge in [-0.3, -0.25) is 9.69 Å². The minimum Gasteiger partial charge on any atom is -0.484 e. The van der Waals surface area contributed by atoms with Crippen LogP contribution in [0.2, 0.25) is 0 Å². The Morgan fingerprint density at radius 1 is 0.967 bits per heavy atom. The average Bonchev–Trinajstić information content (AvgIpc) is 2.75. The summed E-state index contributed by atoms with van der Waals surface area (Å²) in [5.74, 6) is 0.624. The van der Waals surface area contributed by atoms with Gasteiger partial charge in [-0.2, -0.15) is 0 Å². The topological polar surface area (TPSA) is 41.6 Å². The molecule has 0 aliphatic carbocycles. The summed E-state index contributed by atoms with van der Waals surface area (Å²) in [4.78, 5) is 14.8. The Labute approximate surface area is 182 Å². The number of carbonyl (C=O) groups is 1. The number of nitrogens with one attached hydrogen (secondary N) is 1. The van der Waals surface area contributed by atoms with Gasteiger partial charge in [-0.1, -0.05) is 77.9 Å². The number of rotatable bonds is 10. The van der Waals surface area contributed by atoms with Gasteiger partial charge in [0.1, 0.15) is 5.75 Å². The number of likely N-dealkylation sites (N-methyl/N-ethyl adjacent to an activating group) is 1. The lowest BCUT2D eigenvalue weighted by molar-refractivity contribution is -0.123. The largest absolute Gasteiger partial charge is 0.484 e. The van der Waals surface area contributed by atoms with Crippen molar-refractivity contribution in [3.63, 3.8) is 0 Å². The maximum Gasteiger partial charge on any atom is 0.258 e. The lowest BCUT2D eigenvalue weighted by atomic mass is 9.86. The van der Waals surface area contributed by atoms with E-state index < -0.39 is 0 Å². The molecule has 0 saturated heterocycles. The predicted molar refractivity (Wildman–Crippen MR) is 125 cm³/mol. The van der Waals surface area contributed by atoms with E-state index in [1.807, 2.05) is 24.3 Å². The van der Waals surface area contributed by atoms with Crippen LogP contribution in [0.25, 0.3) is 0 Å². The van der Waals surface area contributed by atoms with Crippen LogP contribution in [-0.2, 0) is 16.6 Å². The van der Waals surface area contributed by atoms with Crippen molar-refractivity contribution < 1.29 is 9.53 Å². The Balaban J connectivity index is 1.99. The van der Waals surface area contributed by atoms with Crippen molar-refractivity contribution in [2.24, 2.45) is 0 Å². The third-order valence-electron chi connectivity index (χ3n) is 5.61. The molecule has 1 N–H and O–H groups in total. The third kappa shape index (κ3) is 6.88. The molecule has 2 aromatic rings. The van der Waals surface area contributed by atoms with Crippen LogP contribution in [-0.4, -0.2) is 37.0 Å². The van der Waals surface area contributed by atoms with Gasteiger partial charge >= 0.3 is 0 Å². The summed E-state index contributed by atoms with van der Waals surface area (Å²) < 4.78 is 5.65. The first-order valence-corrected chi connectivity index (χ1v) is 11.1. The van der Waals surface area contributed by atoms with Gasteiger partial charge in [0.05, 0.1) is 6.04 Å². The van der Waals surface area contributed by atoms with Crippen LogP contribution in [0.4, 0.5) is 0 Å². The maximum atomic E-state index is 12.4. The number of carbonyl (C=O) groups excluding carboxylic acids is 1. The molecule has 0 aromatic heterocycles. The molecule has 0 aliphatic heterocycles. The second-order valence-corrected chi connectivity index (χ2v) is 8.70. The number of hydrogen-bond acceptors (Lipinski definition) is 3. The lowest BCUT2D eigenvalue weighted by Crippen LogP contribution is -2.39. The number of amides is 1. The van der Waals surface area contributed by atoms with Crippen molar-refractivity contribution >= 4 is 5.91 Å². The van der Waals surface area contributed by atoms with Gasteiger partial charge in [0.25, 0.3) is 5.91 Å². The Hall–Kier alpha value is -2.33. The SMILES string of the molecule is CCc1ccc(OCC(=O)NC[C@@H](c2ccc(C(C)(C)C)cc2)N(CC)CC)cc1. The fourth-order valence-corrected chi connectivity index (χ4v) is 3.56. The van der Waals surface area contributed by atoms with E-state index in [0.717, 1.165) is 25.3 Å². The zero-order chi connectivity index (χ0) is 22.1. The summed E-state index contributed by atoms with van der Waals surface area (Å²) in [5.41, 5.74) is 3.93. The Morgan fingerprint density at radius 2 is 1.57 bits per heavy atom. The van der Waals surface area contributed by atoms with Crippen molar-refractivity contribution in [3.05, 3.63) is 65.2 Å². The zero-order valence-corrected chi connectivity index (χ0v) is 19.5. The molecular weight excluding hydrogens is 372 g/mol. The summed E-state index contributed by atoms with van der Waals surface area (Å²) >= 11 is 0. The summed E-state index contributed by atoms with van der Waals surface area (Å²) in [6.45, 7) is 15.5. The molecule has 164 valence electrons. The number of nitrogens with zero attached hydrogens (tertiary/aromatic N) is 1. The standard InChI is InChI=1S/C26H38N2O2/c1-7-20-10-16-23(17-11-20)30-19-25(29)27-18-24(28(8-2)9-3)21-12-14-22(15-13-21)26(4,5)6/h10-17,24H,7-9,18-19H2,1-6H3,(H,27,29)/t24-/m0/s1. The fourth-order valence-electron chi connectivity index (χ4n) is 3.56. The molecule has 0 fully saturated rings. The van der Waals surface area contributed by atoms with Gasteiger partial charge in [-0.05, 0) is 53.7 Å². The van der Waals surface area contributed by atoms with Crippen molar-refractivity contribution in [3.8, 4) is 5.75 Å². The van der Waals surface area contributed by atoms with Crippen LogP contribution in [0.1, 0.15) is 64.3 Å². The van der Waals surface area contributed by atoms with Crippen molar-refractivity contribution in [1.82, 2.24) is 10.2 Å². The Morgan fingerprint density at radius 3 is 2.07 bits per heavy atom. The molecule has 4 nitrogen and oxygen atoms in total. The summed E-state index contributed by atoms with van der Waals surface area (Å²) in [6, 6.07) is 16.8. The van der Waals surface area contributed by atoms with Crippen LogP contribution in [0.5, 0.6) is 5.75 Å². The molecular formula is C26H38N2O2. The molecule has 0 unspecified atom stereocenters. The van der Waals surface area contributed by atoms with E-state index >= 15 is 0 Å². The van der Waals surface area contributed by atoms with Crippen molar-refractivity contribution in [2.45, 2.75) is 59.4 Å². The summed E-state index contributed by atoms with van der Waals surface area (Å²) in [6.07, 6.45) is 0.990. The molecule has 0 saturated carbocycles. The number of benzene rings is 2. The van der Waals surface area contributed by atoms with Crippen LogP contribution in [0.15, 0.2) is 48.5 Å². The molecule has 0 heterocycles. The van der Waals surface area contributed by atoms with E-state index in [0.29, 0.717) is 6.54 Å². The Bertz CT molecular complexity index is 772. The normalized spacial score (nSPS) is 12.6. The molecule has 0 radical (unpaired) electrons. The monoisotopic (exact) mass is 410 g/mol. The van der Waals surface area contributed by atoms with E-state index in [4.69, 9.17) is 4.74 Å². The second-order valence-electron chi connectivity index (χ2n) is 8.70. The summed E-state index contributed by atoms with van der Waals surface area (Å²) in [5, 5.41) is 3.06. The highest BCUT2D eigenvalue weighted by molar-refractivity contribution is 5.77. The van der Waals surface area contributed by atoms with E-state index in [-0.39, 0.29) is 24.0 Å². The van der Waals surface area contributed by atoms with Gasteiger partial charge in [0, 0.05) is 6.54 Å². The van der Waals surface area contributed by atoms with Gasteiger partial charge in [-0.15, -0.1) is 0 Å². The van der Waals surface area contributed by atoms with Crippen LogP contribution in [0, 0.1) is 0 Å². The lowest BCUT2D eigenvalue weighted by Gasteiger charge is -2.31. The quantitative estimate of drug-likeness (QED) is 0.591. The number of aryl methyl sites for hydroxylation is 1. The summed E-state index contributed by atoms with van der Waals surface area (Å²) in [7, 11) is 0. The molecule has 4 heteroatoms. The van der Waals surface area contributed by atoms with Crippen molar-refractivity contribution in [2.75, 3.05) is 26.2 Å². The number of ether oxygens (including phenoxy) is 1. The first kappa shape index (κ1) is 23.9. The van der Waals surface area contributed by atoms with Crippen LogP contribution in [0.3, 0.4) is 0 Å². The van der Waals surface area contributed by atoms with Crippen molar-refractivity contribution in [1.29, 1.82) is 0 Å². The van der Waals surface area contributed by atoms with Gasteiger partial charge < -0.3 is 10.1 Å². The molecule has 0 bridgehead atoms. The Kier molecular flexibility index (Phi) is 8.91. The van der Waals surface area contributed by atoms with E-state index in [2.05, 4.69) is 76.0 Å². The smallest absolute Gasteiger partial charge is 0.258 e. The molecule has 30 heavy (non-hydrogen) atoms.